The number of nitrogens with zero attached hydrogens (tertiary/aromatic N) is 4. The molecule has 18 heavy (non-hydrogen) atoms. The molecule has 0 aromatic carbocycles. The first-order valence-corrected chi connectivity index (χ1v) is 7.05. The average molecular weight is 249 g/mol. The van der Waals surface area contributed by atoms with Crippen molar-refractivity contribution in [2.75, 3.05) is 19.6 Å². The van der Waals surface area contributed by atoms with Crippen LogP contribution in [-0.2, 0) is 13.1 Å². The standard InChI is InChI=1S/C13H23N5/c1-3-18-12(14-10-16-18)8-17-7-6-15-13(2,9-17)11-4-5-11/h10-11,15H,3-9H2,1-2H3. The van der Waals surface area contributed by atoms with Crippen LogP contribution in [0, 0.1) is 5.92 Å². The SMILES string of the molecule is CCn1ncnc1CN1CCNC(C)(C2CC2)C1. The Bertz CT molecular complexity index is 411. The molecular formula is C13H23N5. The molecule has 1 aromatic rings. The highest BCUT2D eigenvalue weighted by molar-refractivity contribution is 5.02. The van der Waals surface area contributed by atoms with Crippen LogP contribution in [0.4, 0.5) is 0 Å². The zero-order valence-corrected chi connectivity index (χ0v) is 11.4. The van der Waals surface area contributed by atoms with Crippen molar-refractivity contribution in [3.05, 3.63) is 12.2 Å². The predicted molar refractivity (Wildman–Crippen MR) is 70.1 cm³/mol. The molecule has 1 saturated carbocycles. The van der Waals surface area contributed by atoms with E-state index in [2.05, 4.69) is 34.1 Å². The molecule has 5 nitrogen and oxygen atoms in total. The first-order valence-electron chi connectivity index (χ1n) is 7.05. The molecule has 1 aliphatic carbocycles. The Morgan fingerprint density at radius 2 is 2.33 bits per heavy atom. The highest BCUT2D eigenvalue weighted by atomic mass is 15.4. The Hall–Kier alpha value is -0.940. The van der Waals surface area contributed by atoms with Crippen LogP contribution >= 0.6 is 0 Å². The van der Waals surface area contributed by atoms with Crippen molar-refractivity contribution in [1.82, 2.24) is 25.0 Å². The van der Waals surface area contributed by atoms with Gasteiger partial charge in [0.15, 0.2) is 0 Å². The Morgan fingerprint density at radius 3 is 3.06 bits per heavy atom. The lowest BCUT2D eigenvalue weighted by Crippen LogP contribution is -2.59. The van der Waals surface area contributed by atoms with Gasteiger partial charge in [0, 0.05) is 31.7 Å². The van der Waals surface area contributed by atoms with Crippen molar-refractivity contribution in [2.45, 2.75) is 45.3 Å². The van der Waals surface area contributed by atoms with E-state index >= 15 is 0 Å². The first-order chi connectivity index (χ1) is 8.71. The number of hydrogen-bond acceptors (Lipinski definition) is 4. The van der Waals surface area contributed by atoms with E-state index in [0.29, 0.717) is 5.54 Å². The zero-order valence-electron chi connectivity index (χ0n) is 11.4. The van der Waals surface area contributed by atoms with E-state index in [-0.39, 0.29) is 0 Å². The number of hydrogen-bond donors (Lipinski definition) is 1. The second-order valence-corrected chi connectivity index (χ2v) is 5.82. The van der Waals surface area contributed by atoms with Gasteiger partial charge in [-0.25, -0.2) is 9.67 Å². The molecule has 100 valence electrons. The summed E-state index contributed by atoms with van der Waals surface area (Å²) < 4.78 is 2.00. The molecule has 0 amide bonds. The maximum Gasteiger partial charge on any atom is 0.140 e. The molecule has 0 radical (unpaired) electrons. The Balaban J connectivity index is 1.66. The van der Waals surface area contributed by atoms with Gasteiger partial charge in [0.2, 0.25) is 0 Å². The van der Waals surface area contributed by atoms with E-state index < -0.39 is 0 Å². The largest absolute Gasteiger partial charge is 0.309 e. The van der Waals surface area contributed by atoms with Crippen molar-refractivity contribution in [1.29, 1.82) is 0 Å². The molecule has 1 atom stereocenters. The van der Waals surface area contributed by atoms with E-state index in [9.17, 15) is 0 Å². The minimum Gasteiger partial charge on any atom is -0.309 e. The first kappa shape index (κ1) is 12.1. The lowest BCUT2D eigenvalue weighted by molar-refractivity contribution is 0.117. The van der Waals surface area contributed by atoms with Gasteiger partial charge in [0.1, 0.15) is 12.2 Å². The van der Waals surface area contributed by atoms with Crippen LogP contribution in [0.1, 0.15) is 32.5 Å². The summed E-state index contributed by atoms with van der Waals surface area (Å²) in [5.41, 5.74) is 0.315. The third kappa shape index (κ3) is 2.29. The van der Waals surface area contributed by atoms with E-state index in [1.807, 2.05) is 4.68 Å². The molecule has 1 aliphatic heterocycles. The second-order valence-electron chi connectivity index (χ2n) is 5.82. The van der Waals surface area contributed by atoms with Crippen LogP contribution < -0.4 is 5.32 Å². The molecule has 0 bridgehead atoms. The van der Waals surface area contributed by atoms with Gasteiger partial charge in [-0.2, -0.15) is 5.10 Å². The molecule has 1 aromatic heterocycles. The van der Waals surface area contributed by atoms with E-state index in [1.54, 1.807) is 6.33 Å². The third-order valence-electron chi connectivity index (χ3n) is 4.35. The number of rotatable bonds is 4. The number of nitrogens with one attached hydrogen (secondary N) is 1. The van der Waals surface area contributed by atoms with Gasteiger partial charge in [-0.15, -0.1) is 0 Å². The fourth-order valence-electron chi connectivity index (χ4n) is 3.10. The summed E-state index contributed by atoms with van der Waals surface area (Å²) in [6, 6.07) is 0. The van der Waals surface area contributed by atoms with Crippen molar-refractivity contribution in [3.63, 3.8) is 0 Å². The molecule has 5 heteroatoms. The molecule has 1 unspecified atom stereocenters. The lowest BCUT2D eigenvalue weighted by atomic mass is 9.93. The summed E-state index contributed by atoms with van der Waals surface area (Å²) in [7, 11) is 0. The van der Waals surface area contributed by atoms with Crippen LogP contribution in [0.15, 0.2) is 6.33 Å². The highest BCUT2D eigenvalue weighted by Gasteiger charge is 2.43. The molecule has 1 saturated heterocycles. The van der Waals surface area contributed by atoms with Crippen molar-refractivity contribution in [2.24, 2.45) is 5.92 Å². The minimum absolute atomic E-state index is 0.315. The lowest BCUT2D eigenvalue weighted by Gasteiger charge is -2.41. The average Bonchev–Trinajstić information content (AvgIpc) is 3.12. The quantitative estimate of drug-likeness (QED) is 0.860. The number of aromatic nitrogens is 3. The van der Waals surface area contributed by atoms with Gasteiger partial charge in [0.05, 0.1) is 6.54 Å². The Morgan fingerprint density at radius 1 is 1.50 bits per heavy atom. The molecule has 2 aliphatic rings. The molecule has 2 fully saturated rings. The maximum atomic E-state index is 4.38. The smallest absolute Gasteiger partial charge is 0.140 e. The topological polar surface area (TPSA) is 46.0 Å². The Labute approximate surface area is 109 Å². The summed E-state index contributed by atoms with van der Waals surface area (Å²) in [6.07, 6.45) is 4.45. The summed E-state index contributed by atoms with van der Waals surface area (Å²) in [6.45, 7) is 9.66. The predicted octanol–water partition coefficient (Wildman–Crippen LogP) is 0.872. The van der Waals surface area contributed by atoms with Crippen LogP contribution in [0.3, 0.4) is 0 Å². The van der Waals surface area contributed by atoms with E-state index in [4.69, 9.17) is 0 Å². The van der Waals surface area contributed by atoms with Crippen molar-refractivity contribution < 1.29 is 0 Å². The molecule has 3 rings (SSSR count). The van der Waals surface area contributed by atoms with Crippen LogP contribution in [-0.4, -0.2) is 44.8 Å². The summed E-state index contributed by atoms with van der Waals surface area (Å²) in [5.74, 6) is 1.97. The highest BCUT2D eigenvalue weighted by Crippen LogP contribution is 2.40. The van der Waals surface area contributed by atoms with E-state index in [1.165, 1.54) is 12.8 Å². The fourth-order valence-corrected chi connectivity index (χ4v) is 3.10. The second kappa shape index (κ2) is 4.63. The van der Waals surface area contributed by atoms with Crippen LogP contribution in [0.2, 0.25) is 0 Å². The molecule has 1 N–H and O–H groups in total. The van der Waals surface area contributed by atoms with Crippen molar-refractivity contribution in [3.8, 4) is 0 Å². The van der Waals surface area contributed by atoms with Crippen LogP contribution in [0.25, 0.3) is 0 Å². The molecular weight excluding hydrogens is 226 g/mol. The summed E-state index contributed by atoms with van der Waals surface area (Å²) in [5, 5.41) is 7.96. The van der Waals surface area contributed by atoms with Gasteiger partial charge in [-0.3, -0.25) is 4.90 Å². The fraction of sp³-hybridized carbons (Fsp3) is 0.846. The number of aryl methyl sites for hydroxylation is 1. The van der Waals surface area contributed by atoms with E-state index in [0.717, 1.165) is 44.5 Å². The van der Waals surface area contributed by atoms with Gasteiger partial charge >= 0.3 is 0 Å². The Kier molecular flexibility index (Phi) is 3.11. The van der Waals surface area contributed by atoms with Gasteiger partial charge in [0.25, 0.3) is 0 Å². The third-order valence-corrected chi connectivity index (χ3v) is 4.35. The number of piperazine rings is 1. The van der Waals surface area contributed by atoms with Gasteiger partial charge in [-0.05, 0) is 32.6 Å². The normalized spacial score (nSPS) is 29.7. The zero-order chi connectivity index (χ0) is 12.6. The van der Waals surface area contributed by atoms with Crippen LogP contribution in [0.5, 0.6) is 0 Å². The maximum absolute atomic E-state index is 4.38. The van der Waals surface area contributed by atoms with Crippen molar-refractivity contribution >= 4 is 0 Å². The van der Waals surface area contributed by atoms with Gasteiger partial charge in [-0.1, -0.05) is 0 Å². The minimum atomic E-state index is 0.315. The molecule has 0 spiro atoms. The van der Waals surface area contributed by atoms with Gasteiger partial charge < -0.3 is 5.32 Å². The molecule has 2 heterocycles. The monoisotopic (exact) mass is 249 g/mol. The summed E-state index contributed by atoms with van der Waals surface area (Å²) in [4.78, 5) is 6.90. The summed E-state index contributed by atoms with van der Waals surface area (Å²) >= 11 is 0.